The number of hydrogen-bond acceptors (Lipinski definition) is 7. The van der Waals surface area contributed by atoms with Crippen LogP contribution in [0.15, 0.2) is 60.7 Å². The molecule has 0 bridgehead atoms. The van der Waals surface area contributed by atoms with Crippen molar-refractivity contribution in [3.05, 3.63) is 71.8 Å². The van der Waals surface area contributed by atoms with Gasteiger partial charge in [0.25, 0.3) is 0 Å². The van der Waals surface area contributed by atoms with Crippen LogP contribution in [0.3, 0.4) is 0 Å². The molecule has 2 atom stereocenters. The monoisotopic (exact) mass is 1890 g/mol. The molecule has 0 aliphatic rings. The number of rotatable bonds is 28. The van der Waals surface area contributed by atoms with Crippen LogP contribution in [0.1, 0.15) is 344 Å². The summed E-state index contributed by atoms with van der Waals surface area (Å²) in [6.07, 6.45) is 17.9. The van der Waals surface area contributed by atoms with Gasteiger partial charge in [-0.1, -0.05) is 316 Å². The first-order valence-electron chi connectivity index (χ1n) is 48.7. The van der Waals surface area contributed by atoms with Gasteiger partial charge >= 0.3 is 0 Å². The molecule has 0 aliphatic heterocycles. The van der Waals surface area contributed by atoms with E-state index in [2.05, 4.69) is 508 Å². The standard InChI is InChI=1S/C41H4.C22H35NO2.C19H31NO.C14H30O2.C12H25NO.C12H26O.C10H22/c1-3-5-7-9-11-13-15-17-19-21-23-25-27-29-31-33-35-37-39-41-40-38-36-34-32-30-28-26-24-22-20-18-16-14-12-10-8-6-4-2;1-21(2,3)12-13-23-20(25)18(14-17-10-8-7-9-11-17)15-19(24)16-22(4,5)6;1-18(2,3)12-13-20-17(21)16(19(4,5)6)14-15-10-8-7-9-11-15;1-13(2,3)7-9-15-11-12-16-10-8-14(4,5)6;1-11(2,3)7-8-13-10(14)9-12(4,5)6;1-11(2,3)7-9-13-10-8-12(4,5)6;1-9(2,3)7-8-10(4,5)6/h1H,2H3;7-11,18H,12-16H2,1-6H3,(H,23,25);7-11,16H,12-14H2,1-6H3,(H,20,21);7-12H2,1-6H3;7-9H2,1-6H3,(H,13,14);7-10H2,1-6H3;7-8H2,1-6H3. The Morgan fingerprint density at radius 2 is 0.493 bits per heavy atom. The average molecular weight is 1890 g/mol. The molecule has 0 aliphatic carbocycles. The van der Waals surface area contributed by atoms with E-state index >= 15 is 0 Å². The number of hydrogen-bond donors (Lipinski definition) is 3. The average Bonchev–Trinajstić information content (AvgIpc) is 0.848. The Balaban J connectivity index is -0.000000534. The van der Waals surface area contributed by atoms with Crippen molar-refractivity contribution in [2.75, 3.05) is 59.3 Å². The molecule has 0 radical (unpaired) electrons. The van der Waals surface area contributed by atoms with Crippen molar-refractivity contribution >= 4 is 23.5 Å². The molecule has 0 spiro atoms. The number of amides is 3. The van der Waals surface area contributed by atoms with Crippen molar-refractivity contribution < 1.29 is 33.4 Å². The van der Waals surface area contributed by atoms with E-state index in [1.54, 1.807) is 6.92 Å². The minimum absolute atomic E-state index is 0.000122. The third-order valence-electron chi connectivity index (χ3n) is 18.2. The van der Waals surface area contributed by atoms with Gasteiger partial charge in [-0.2, -0.15) is 0 Å². The fraction of sp³-hybridized carbons (Fsp3) is 0.569. The van der Waals surface area contributed by atoms with Crippen molar-refractivity contribution in [2.45, 2.75) is 346 Å². The molecular weight excluding hydrogens is 1720 g/mol. The molecule has 0 fully saturated rings. The normalized spacial score (nSPS) is 10.6. The first-order valence-corrected chi connectivity index (χ1v) is 48.7. The molecule has 2 rings (SSSR count). The molecule has 750 valence electrons. The summed E-state index contributed by atoms with van der Waals surface area (Å²) < 4.78 is 16.6. The van der Waals surface area contributed by atoms with Crippen LogP contribution in [0, 0.1) is 314 Å². The zero-order chi connectivity index (χ0) is 108. The SMILES string of the molecule is C#CC#CC#CC#CC#CC#CC#CC#CC#CC#CC#CC#CC#CC#CC#CC#CC#CC#CC#CC#CC.CC(C)(C)CCC(C)(C)C.CC(C)(C)CCNC(=O)C(CC(=O)CC(C)(C)C)Cc1ccccc1.CC(C)(C)CCNC(=O)C(Cc1ccccc1)C(C)(C)C.CC(C)(C)CCNC(=O)CC(C)(C)C.CC(C)(C)CCOCCC(C)(C)C.CC(C)(C)CCOCCOCCC(C)(C)C. The zero-order valence-corrected chi connectivity index (χ0v) is 93.6. The number of nitrogens with one attached hydrogen (secondary N) is 3. The highest BCUT2D eigenvalue weighted by Crippen LogP contribution is 2.32. The number of carbonyl (C=O) groups excluding carboxylic acids is 4. The van der Waals surface area contributed by atoms with Crippen molar-refractivity contribution in [1.29, 1.82) is 0 Å². The van der Waals surface area contributed by atoms with Gasteiger partial charge < -0.3 is 30.2 Å². The van der Waals surface area contributed by atoms with E-state index in [1.165, 1.54) is 18.4 Å². The maximum atomic E-state index is 12.7. The molecule has 3 N–H and O–H groups in total. The summed E-state index contributed by atoms with van der Waals surface area (Å²) in [4.78, 5) is 49.1. The fourth-order valence-electron chi connectivity index (χ4n) is 10.1. The largest absolute Gasteiger partial charge is 0.381 e. The molecule has 3 amide bonds. The van der Waals surface area contributed by atoms with Gasteiger partial charge in [0.05, 0.1) is 13.2 Å². The van der Waals surface area contributed by atoms with Crippen molar-refractivity contribution in [2.24, 2.45) is 76.8 Å². The number of terminal acetylenes is 1. The predicted molar refractivity (Wildman–Crippen MR) is 595 cm³/mol. The van der Waals surface area contributed by atoms with Gasteiger partial charge in [-0.15, -0.1) is 6.42 Å². The molecule has 2 aromatic carbocycles. The lowest BCUT2D eigenvalue weighted by atomic mass is 9.76. The fourth-order valence-corrected chi connectivity index (χ4v) is 10.1. The topological polar surface area (TPSA) is 132 Å². The van der Waals surface area contributed by atoms with E-state index in [1.807, 2.05) is 48.5 Å². The van der Waals surface area contributed by atoms with E-state index in [0.717, 1.165) is 110 Å². The van der Waals surface area contributed by atoms with Gasteiger partial charge in [-0.05, 0) is 248 Å². The lowest BCUT2D eigenvalue weighted by molar-refractivity contribution is -0.130. The Hall–Kier alpha value is -12.4. The molecule has 2 unspecified atom stereocenters. The Bertz CT molecular complexity index is 5370. The van der Waals surface area contributed by atoms with E-state index < -0.39 is 0 Å². The smallest absolute Gasteiger partial charge is 0.223 e. The van der Waals surface area contributed by atoms with Crippen LogP contribution in [-0.2, 0) is 46.2 Å². The predicted octanol–water partition coefficient (Wildman–Crippen LogP) is 24.5. The van der Waals surface area contributed by atoms with Gasteiger partial charge in [0.15, 0.2) is 0 Å². The molecule has 140 heavy (non-hydrogen) atoms. The second kappa shape index (κ2) is 76.5. The van der Waals surface area contributed by atoms with E-state index in [4.69, 9.17) is 20.6 Å². The van der Waals surface area contributed by atoms with Crippen LogP contribution in [0.4, 0.5) is 0 Å². The summed E-state index contributed by atoms with van der Waals surface area (Å²) in [7, 11) is 0. The molecular formula is C130H173N3O7. The number of carbonyl (C=O) groups is 4. The first-order chi connectivity index (χ1) is 64.7. The Morgan fingerprint density at radius 3 is 0.729 bits per heavy atom. The van der Waals surface area contributed by atoms with Crippen molar-refractivity contribution in [3.8, 4) is 237 Å². The summed E-state index contributed by atoms with van der Waals surface area (Å²) >= 11 is 0. The quantitative estimate of drug-likeness (QED) is 0.0571. The molecule has 0 saturated carbocycles. The summed E-state index contributed by atoms with van der Waals surface area (Å²) in [5, 5.41) is 9.12. The van der Waals surface area contributed by atoms with Crippen LogP contribution in [-0.4, -0.2) is 82.8 Å². The lowest BCUT2D eigenvalue weighted by Gasteiger charge is -2.30. The van der Waals surface area contributed by atoms with E-state index in [9.17, 15) is 19.2 Å². The number of ketones is 1. The third-order valence-corrected chi connectivity index (χ3v) is 18.2. The summed E-state index contributed by atoms with van der Waals surface area (Å²) in [6, 6.07) is 20.2. The second-order valence-electron chi connectivity index (χ2n) is 47.8. The summed E-state index contributed by atoms with van der Waals surface area (Å²) in [5.41, 5.74) is 5.63. The van der Waals surface area contributed by atoms with Gasteiger partial charge in [-0.25, -0.2) is 0 Å². The maximum absolute atomic E-state index is 12.7. The van der Waals surface area contributed by atoms with Crippen LogP contribution in [0.5, 0.6) is 0 Å². The molecule has 0 heterocycles. The maximum Gasteiger partial charge on any atom is 0.223 e. The van der Waals surface area contributed by atoms with Crippen LogP contribution < -0.4 is 16.0 Å². The van der Waals surface area contributed by atoms with Gasteiger partial charge in [0.1, 0.15) is 5.78 Å². The number of Topliss-reactive ketones (excluding diaryl/α,β-unsaturated/α-hetero) is 1. The molecule has 2 aromatic rings. The summed E-state index contributed by atoms with van der Waals surface area (Å²) in [6.45, 7) is 88.0. The van der Waals surface area contributed by atoms with Gasteiger partial charge in [-0.3, -0.25) is 19.2 Å². The Morgan fingerprint density at radius 1 is 0.264 bits per heavy atom. The molecule has 0 aromatic heterocycles. The molecule has 10 heteroatoms. The lowest BCUT2D eigenvalue weighted by Crippen LogP contribution is -2.40. The van der Waals surface area contributed by atoms with Gasteiger partial charge in [0.2, 0.25) is 17.7 Å². The van der Waals surface area contributed by atoms with Crippen LogP contribution >= 0.6 is 0 Å². The van der Waals surface area contributed by atoms with E-state index in [0.29, 0.717) is 70.1 Å². The van der Waals surface area contributed by atoms with Crippen molar-refractivity contribution in [3.63, 3.8) is 0 Å². The van der Waals surface area contributed by atoms with Crippen LogP contribution in [0.2, 0.25) is 0 Å². The van der Waals surface area contributed by atoms with Crippen LogP contribution in [0.25, 0.3) is 0 Å². The highest BCUT2D eigenvalue weighted by Gasteiger charge is 2.32. The zero-order valence-electron chi connectivity index (χ0n) is 93.6. The highest BCUT2D eigenvalue weighted by atomic mass is 16.5. The van der Waals surface area contributed by atoms with E-state index in [-0.39, 0.29) is 62.4 Å². The minimum Gasteiger partial charge on any atom is -0.381 e. The molecule has 10 nitrogen and oxygen atoms in total. The highest BCUT2D eigenvalue weighted by molar-refractivity contribution is 5.87. The summed E-state index contributed by atoms with van der Waals surface area (Å²) in [5.74, 6) is 97.1. The molecule has 0 saturated heterocycles. The Labute approximate surface area is 858 Å². The number of benzene rings is 2. The number of ether oxygens (including phenoxy) is 3. The van der Waals surface area contributed by atoms with Gasteiger partial charge in [0, 0.05) is 207 Å². The minimum atomic E-state index is -0.294. The van der Waals surface area contributed by atoms with Crippen molar-refractivity contribution in [1.82, 2.24) is 16.0 Å². The second-order valence-corrected chi connectivity index (χ2v) is 47.8. The first kappa shape index (κ1) is 136. The Kier molecular flexibility index (Phi) is 74.3. The third kappa shape index (κ3) is 118.